The first-order chi connectivity index (χ1) is 9.57. The van der Waals surface area contributed by atoms with Gasteiger partial charge >= 0.3 is 0 Å². The van der Waals surface area contributed by atoms with Gasteiger partial charge in [0.15, 0.2) is 0 Å². The molecule has 6 nitrogen and oxygen atoms in total. The third-order valence-corrected chi connectivity index (χ3v) is 4.49. The van der Waals surface area contributed by atoms with Crippen LogP contribution in [0.25, 0.3) is 0 Å². The van der Waals surface area contributed by atoms with E-state index in [2.05, 4.69) is 20.1 Å². The van der Waals surface area contributed by atoms with Crippen molar-refractivity contribution < 1.29 is 5.11 Å². The first-order valence-corrected chi connectivity index (χ1v) is 7.38. The number of piperidine rings is 1. The lowest BCUT2D eigenvalue weighted by Gasteiger charge is -2.37. The molecule has 7 heteroatoms. The molecule has 0 radical (unpaired) electrons. The van der Waals surface area contributed by atoms with Crippen LogP contribution in [0.2, 0.25) is 0 Å². The molecule has 1 aliphatic rings. The summed E-state index contributed by atoms with van der Waals surface area (Å²) in [5.74, 6) is 0. The summed E-state index contributed by atoms with van der Waals surface area (Å²) in [6.45, 7) is 3.44. The smallest absolute Gasteiger partial charge is 0.209 e. The average molecular weight is 291 g/mol. The predicted octanol–water partition coefficient (Wildman–Crippen LogP) is 1.31. The fourth-order valence-electron chi connectivity index (χ4n) is 2.42. The van der Waals surface area contributed by atoms with Crippen molar-refractivity contribution in [2.75, 3.05) is 23.7 Å². The molecule has 3 N–H and O–H groups in total. The van der Waals surface area contributed by atoms with Crippen LogP contribution < -0.4 is 10.6 Å². The van der Waals surface area contributed by atoms with Crippen LogP contribution in [0.15, 0.2) is 18.3 Å². The highest BCUT2D eigenvalue weighted by atomic mass is 32.1. The van der Waals surface area contributed by atoms with E-state index in [9.17, 15) is 5.11 Å². The van der Waals surface area contributed by atoms with Gasteiger partial charge < -0.3 is 15.7 Å². The summed E-state index contributed by atoms with van der Waals surface area (Å²) in [5, 5.41) is 19.9. The maximum atomic E-state index is 10.8. The van der Waals surface area contributed by atoms with E-state index in [1.807, 2.05) is 19.1 Å². The van der Waals surface area contributed by atoms with Crippen LogP contribution >= 0.6 is 11.3 Å². The summed E-state index contributed by atoms with van der Waals surface area (Å²) in [7, 11) is 0. The van der Waals surface area contributed by atoms with Crippen LogP contribution in [0.1, 0.15) is 24.1 Å². The SMILES string of the molecule is Cc1ccc(C2(O)CCN(c3nnc(N)s3)CC2)nc1. The van der Waals surface area contributed by atoms with Gasteiger partial charge in [0, 0.05) is 19.3 Å². The first kappa shape index (κ1) is 13.3. The van der Waals surface area contributed by atoms with Gasteiger partial charge in [-0.1, -0.05) is 17.4 Å². The normalized spacial score (nSPS) is 18.2. The zero-order valence-corrected chi connectivity index (χ0v) is 12.1. The van der Waals surface area contributed by atoms with Crippen molar-refractivity contribution in [3.63, 3.8) is 0 Å². The number of aromatic nitrogens is 3. The molecule has 3 rings (SSSR count). The molecule has 2 aromatic heterocycles. The van der Waals surface area contributed by atoms with E-state index in [-0.39, 0.29) is 0 Å². The first-order valence-electron chi connectivity index (χ1n) is 6.56. The van der Waals surface area contributed by atoms with Crippen LogP contribution in [0.5, 0.6) is 0 Å². The molecule has 1 saturated heterocycles. The zero-order valence-electron chi connectivity index (χ0n) is 11.3. The number of nitrogens with two attached hydrogens (primary N) is 1. The van der Waals surface area contributed by atoms with Gasteiger partial charge in [0.1, 0.15) is 5.60 Å². The Morgan fingerprint density at radius 1 is 1.30 bits per heavy atom. The monoisotopic (exact) mass is 291 g/mol. The topological polar surface area (TPSA) is 88.2 Å². The number of nitrogen functional groups attached to an aromatic ring is 1. The molecule has 3 heterocycles. The molecule has 0 bridgehead atoms. The quantitative estimate of drug-likeness (QED) is 0.867. The van der Waals surface area contributed by atoms with Crippen molar-refractivity contribution in [1.82, 2.24) is 15.2 Å². The van der Waals surface area contributed by atoms with Crippen molar-refractivity contribution in [1.29, 1.82) is 0 Å². The van der Waals surface area contributed by atoms with Crippen LogP contribution in [0.3, 0.4) is 0 Å². The van der Waals surface area contributed by atoms with Crippen LogP contribution in [-0.2, 0) is 5.60 Å². The zero-order chi connectivity index (χ0) is 14.2. The van der Waals surface area contributed by atoms with Gasteiger partial charge in [-0.05, 0) is 31.4 Å². The second-order valence-corrected chi connectivity index (χ2v) is 6.15. The largest absolute Gasteiger partial charge is 0.383 e. The Balaban J connectivity index is 1.72. The molecule has 1 fully saturated rings. The minimum Gasteiger partial charge on any atom is -0.383 e. The average Bonchev–Trinajstić information content (AvgIpc) is 2.87. The van der Waals surface area contributed by atoms with Crippen molar-refractivity contribution >= 4 is 21.6 Å². The van der Waals surface area contributed by atoms with Crippen LogP contribution in [0, 0.1) is 6.92 Å². The summed E-state index contributed by atoms with van der Waals surface area (Å²) < 4.78 is 0. The molecule has 0 unspecified atom stereocenters. The van der Waals surface area contributed by atoms with Gasteiger partial charge in [-0.3, -0.25) is 4.98 Å². The third kappa shape index (κ3) is 2.46. The Bertz CT molecular complexity index is 589. The number of nitrogens with zero attached hydrogens (tertiary/aromatic N) is 4. The van der Waals surface area contributed by atoms with Crippen molar-refractivity contribution in [2.45, 2.75) is 25.4 Å². The van der Waals surface area contributed by atoms with E-state index in [1.165, 1.54) is 11.3 Å². The lowest BCUT2D eigenvalue weighted by molar-refractivity contribution is 0.00758. The Labute approximate surface area is 121 Å². The summed E-state index contributed by atoms with van der Waals surface area (Å²) in [6, 6.07) is 3.89. The lowest BCUT2D eigenvalue weighted by Crippen LogP contribution is -2.43. The fourth-order valence-corrected chi connectivity index (χ4v) is 3.08. The number of hydrogen-bond donors (Lipinski definition) is 2. The lowest BCUT2D eigenvalue weighted by atomic mass is 9.88. The molecule has 106 valence electrons. The molecule has 0 amide bonds. The maximum absolute atomic E-state index is 10.8. The van der Waals surface area contributed by atoms with E-state index in [1.54, 1.807) is 6.20 Å². The summed E-state index contributed by atoms with van der Waals surface area (Å²) in [4.78, 5) is 6.47. The minimum atomic E-state index is -0.847. The van der Waals surface area contributed by atoms with Gasteiger partial charge in [-0.2, -0.15) is 0 Å². The van der Waals surface area contributed by atoms with E-state index in [4.69, 9.17) is 5.73 Å². The van der Waals surface area contributed by atoms with E-state index < -0.39 is 5.60 Å². The fraction of sp³-hybridized carbons (Fsp3) is 0.462. The van der Waals surface area contributed by atoms with Gasteiger partial charge in [0.05, 0.1) is 5.69 Å². The molecule has 0 saturated carbocycles. The predicted molar refractivity (Wildman–Crippen MR) is 78.6 cm³/mol. The third-order valence-electron chi connectivity index (χ3n) is 3.68. The van der Waals surface area contributed by atoms with Gasteiger partial charge in [-0.15, -0.1) is 10.2 Å². The molecule has 0 aliphatic carbocycles. The summed E-state index contributed by atoms with van der Waals surface area (Å²) >= 11 is 1.38. The van der Waals surface area contributed by atoms with Gasteiger partial charge in [-0.25, -0.2) is 0 Å². The number of aryl methyl sites for hydroxylation is 1. The molecule has 0 aromatic carbocycles. The number of rotatable bonds is 2. The van der Waals surface area contributed by atoms with Crippen LogP contribution in [-0.4, -0.2) is 33.4 Å². The van der Waals surface area contributed by atoms with E-state index in [0.717, 1.165) is 29.5 Å². The minimum absolute atomic E-state index is 0.473. The molecular formula is C13H17N5OS. The summed E-state index contributed by atoms with van der Waals surface area (Å²) in [6.07, 6.45) is 3.05. The highest BCUT2D eigenvalue weighted by Gasteiger charge is 2.35. The van der Waals surface area contributed by atoms with Gasteiger partial charge in [0.25, 0.3) is 0 Å². The standard InChI is InChI=1S/C13H17N5OS/c1-9-2-3-10(15-8-9)13(19)4-6-18(7-5-13)12-17-16-11(14)20-12/h2-3,8,19H,4-7H2,1H3,(H2,14,16). The molecular weight excluding hydrogens is 274 g/mol. The molecule has 0 spiro atoms. The van der Waals surface area contributed by atoms with Crippen LogP contribution in [0.4, 0.5) is 10.3 Å². The second kappa shape index (κ2) is 4.99. The van der Waals surface area contributed by atoms with E-state index in [0.29, 0.717) is 18.0 Å². The summed E-state index contributed by atoms with van der Waals surface area (Å²) in [5.41, 5.74) is 6.60. The Morgan fingerprint density at radius 3 is 2.60 bits per heavy atom. The van der Waals surface area contributed by atoms with Crippen molar-refractivity contribution in [3.8, 4) is 0 Å². The van der Waals surface area contributed by atoms with Crippen molar-refractivity contribution in [3.05, 3.63) is 29.6 Å². The molecule has 20 heavy (non-hydrogen) atoms. The molecule has 1 aliphatic heterocycles. The number of anilines is 2. The number of aliphatic hydroxyl groups is 1. The maximum Gasteiger partial charge on any atom is 0.209 e. The Morgan fingerprint density at radius 2 is 2.05 bits per heavy atom. The highest BCUT2D eigenvalue weighted by Crippen LogP contribution is 2.34. The van der Waals surface area contributed by atoms with Gasteiger partial charge in [0.2, 0.25) is 10.3 Å². The number of hydrogen-bond acceptors (Lipinski definition) is 7. The number of pyridine rings is 1. The van der Waals surface area contributed by atoms with E-state index >= 15 is 0 Å². The van der Waals surface area contributed by atoms with Crippen molar-refractivity contribution in [2.24, 2.45) is 0 Å². The molecule has 0 atom stereocenters. The Kier molecular flexibility index (Phi) is 3.31. The second-order valence-electron chi connectivity index (χ2n) is 5.16. The molecule has 2 aromatic rings. The Hall–Kier alpha value is -1.73. The highest BCUT2D eigenvalue weighted by molar-refractivity contribution is 7.18.